The SMILES string of the molecule is COC1=C(NC(C)C)C(C)CC(C(C)C)=C1. The van der Waals surface area contributed by atoms with Crippen molar-refractivity contribution in [2.45, 2.75) is 47.1 Å². The van der Waals surface area contributed by atoms with Crippen LogP contribution in [0.3, 0.4) is 0 Å². The fraction of sp³-hybridized carbons (Fsp3) is 0.714. The van der Waals surface area contributed by atoms with Crippen LogP contribution < -0.4 is 5.32 Å². The van der Waals surface area contributed by atoms with Crippen molar-refractivity contribution in [3.8, 4) is 0 Å². The van der Waals surface area contributed by atoms with Gasteiger partial charge in [0.05, 0.1) is 12.8 Å². The van der Waals surface area contributed by atoms with Crippen LogP contribution in [0, 0.1) is 11.8 Å². The minimum atomic E-state index is 0.455. The van der Waals surface area contributed by atoms with E-state index in [2.05, 4.69) is 46.0 Å². The smallest absolute Gasteiger partial charge is 0.137 e. The molecule has 0 radical (unpaired) electrons. The molecule has 16 heavy (non-hydrogen) atoms. The number of hydrogen-bond acceptors (Lipinski definition) is 2. The molecule has 1 aliphatic rings. The van der Waals surface area contributed by atoms with Crippen molar-refractivity contribution in [1.82, 2.24) is 5.32 Å². The molecule has 0 fully saturated rings. The average Bonchev–Trinajstić information content (AvgIpc) is 2.19. The number of rotatable bonds is 4. The minimum Gasteiger partial charge on any atom is -0.495 e. The Morgan fingerprint density at radius 3 is 2.38 bits per heavy atom. The molecule has 0 saturated carbocycles. The highest BCUT2D eigenvalue weighted by molar-refractivity contribution is 5.31. The highest BCUT2D eigenvalue weighted by Gasteiger charge is 2.22. The lowest BCUT2D eigenvalue weighted by atomic mass is 9.86. The van der Waals surface area contributed by atoms with Gasteiger partial charge >= 0.3 is 0 Å². The van der Waals surface area contributed by atoms with E-state index in [1.54, 1.807) is 7.11 Å². The van der Waals surface area contributed by atoms with Crippen LogP contribution in [0.25, 0.3) is 0 Å². The van der Waals surface area contributed by atoms with Crippen molar-refractivity contribution in [3.05, 3.63) is 23.1 Å². The van der Waals surface area contributed by atoms with Gasteiger partial charge in [-0.3, -0.25) is 0 Å². The second kappa shape index (κ2) is 5.42. The highest BCUT2D eigenvalue weighted by Crippen LogP contribution is 2.31. The number of methoxy groups -OCH3 is 1. The standard InChI is InChI=1S/C14H25NO/c1-9(2)12-7-11(5)14(15-10(3)4)13(8-12)16-6/h8-11,15H,7H2,1-6H3. The van der Waals surface area contributed by atoms with Gasteiger partial charge < -0.3 is 10.1 Å². The van der Waals surface area contributed by atoms with E-state index < -0.39 is 0 Å². The van der Waals surface area contributed by atoms with Crippen molar-refractivity contribution in [2.75, 3.05) is 7.11 Å². The molecule has 2 nitrogen and oxygen atoms in total. The Bertz CT molecular complexity index is 300. The molecule has 1 rings (SSSR count). The molecule has 0 amide bonds. The monoisotopic (exact) mass is 223 g/mol. The zero-order chi connectivity index (χ0) is 12.3. The van der Waals surface area contributed by atoms with Gasteiger partial charge in [-0.2, -0.15) is 0 Å². The summed E-state index contributed by atoms with van der Waals surface area (Å²) < 4.78 is 5.50. The zero-order valence-electron chi connectivity index (χ0n) is 11.4. The van der Waals surface area contributed by atoms with Gasteiger partial charge in [0.25, 0.3) is 0 Å². The molecular formula is C14H25NO. The number of allylic oxidation sites excluding steroid dienone is 3. The molecule has 1 atom stereocenters. The van der Waals surface area contributed by atoms with Crippen molar-refractivity contribution >= 4 is 0 Å². The predicted molar refractivity (Wildman–Crippen MR) is 69.0 cm³/mol. The van der Waals surface area contributed by atoms with E-state index in [0.29, 0.717) is 17.9 Å². The van der Waals surface area contributed by atoms with Crippen LogP contribution in [0.5, 0.6) is 0 Å². The molecule has 0 aliphatic heterocycles. The lowest BCUT2D eigenvalue weighted by Gasteiger charge is -2.29. The van der Waals surface area contributed by atoms with Crippen LogP contribution in [-0.2, 0) is 4.74 Å². The van der Waals surface area contributed by atoms with Gasteiger partial charge in [-0.1, -0.05) is 26.3 Å². The van der Waals surface area contributed by atoms with Crippen molar-refractivity contribution in [2.24, 2.45) is 11.8 Å². The van der Waals surface area contributed by atoms with E-state index in [0.717, 1.165) is 12.2 Å². The summed E-state index contributed by atoms with van der Waals surface area (Å²) in [4.78, 5) is 0. The third-order valence-corrected chi connectivity index (χ3v) is 3.02. The van der Waals surface area contributed by atoms with Gasteiger partial charge in [-0.15, -0.1) is 0 Å². The van der Waals surface area contributed by atoms with Gasteiger partial charge in [0.2, 0.25) is 0 Å². The van der Waals surface area contributed by atoms with Crippen LogP contribution in [0.1, 0.15) is 41.0 Å². The van der Waals surface area contributed by atoms with Gasteiger partial charge in [0.15, 0.2) is 0 Å². The maximum atomic E-state index is 5.50. The fourth-order valence-corrected chi connectivity index (χ4v) is 2.10. The van der Waals surface area contributed by atoms with E-state index in [-0.39, 0.29) is 0 Å². The molecule has 0 aromatic rings. The van der Waals surface area contributed by atoms with Gasteiger partial charge in [-0.25, -0.2) is 0 Å². The Morgan fingerprint density at radius 1 is 1.31 bits per heavy atom. The van der Waals surface area contributed by atoms with Crippen LogP contribution in [0.2, 0.25) is 0 Å². The van der Waals surface area contributed by atoms with Crippen molar-refractivity contribution < 1.29 is 4.74 Å². The second-order valence-electron chi connectivity index (χ2n) is 5.26. The summed E-state index contributed by atoms with van der Waals surface area (Å²) in [6.07, 6.45) is 3.34. The molecule has 0 spiro atoms. The quantitative estimate of drug-likeness (QED) is 0.788. The third kappa shape index (κ3) is 3.03. The molecule has 92 valence electrons. The molecule has 1 N–H and O–H groups in total. The van der Waals surface area contributed by atoms with E-state index in [1.165, 1.54) is 11.3 Å². The first kappa shape index (κ1) is 13.1. The molecule has 1 aliphatic carbocycles. The van der Waals surface area contributed by atoms with E-state index in [4.69, 9.17) is 4.74 Å². The zero-order valence-corrected chi connectivity index (χ0v) is 11.4. The molecule has 0 aromatic heterocycles. The lowest BCUT2D eigenvalue weighted by molar-refractivity contribution is 0.284. The fourth-order valence-electron chi connectivity index (χ4n) is 2.10. The lowest BCUT2D eigenvalue weighted by Crippen LogP contribution is -2.29. The van der Waals surface area contributed by atoms with Gasteiger partial charge in [0, 0.05) is 12.0 Å². The van der Waals surface area contributed by atoms with Crippen LogP contribution in [-0.4, -0.2) is 13.2 Å². The summed E-state index contributed by atoms with van der Waals surface area (Å²) in [5.74, 6) is 2.14. The Balaban J connectivity index is 2.99. The van der Waals surface area contributed by atoms with Crippen LogP contribution >= 0.6 is 0 Å². The van der Waals surface area contributed by atoms with E-state index in [1.807, 2.05) is 0 Å². The minimum absolute atomic E-state index is 0.455. The number of ether oxygens (including phenoxy) is 1. The Kier molecular flexibility index (Phi) is 4.45. The van der Waals surface area contributed by atoms with E-state index >= 15 is 0 Å². The van der Waals surface area contributed by atoms with Crippen molar-refractivity contribution in [3.63, 3.8) is 0 Å². The largest absolute Gasteiger partial charge is 0.495 e. The maximum absolute atomic E-state index is 5.50. The topological polar surface area (TPSA) is 21.3 Å². The molecule has 1 unspecified atom stereocenters. The molecule has 2 heteroatoms. The molecule has 0 aromatic carbocycles. The van der Waals surface area contributed by atoms with Gasteiger partial charge in [-0.05, 0) is 32.3 Å². The second-order valence-corrected chi connectivity index (χ2v) is 5.26. The number of hydrogen-bond donors (Lipinski definition) is 1. The molecule has 0 bridgehead atoms. The van der Waals surface area contributed by atoms with Crippen LogP contribution in [0.15, 0.2) is 23.1 Å². The third-order valence-electron chi connectivity index (χ3n) is 3.02. The summed E-state index contributed by atoms with van der Waals surface area (Å²) in [5.41, 5.74) is 2.74. The Labute approximate surface area is 99.8 Å². The highest BCUT2D eigenvalue weighted by atomic mass is 16.5. The van der Waals surface area contributed by atoms with Gasteiger partial charge in [0.1, 0.15) is 5.76 Å². The molecule has 0 heterocycles. The van der Waals surface area contributed by atoms with Crippen LogP contribution in [0.4, 0.5) is 0 Å². The normalized spacial score (nSPS) is 21.5. The summed E-state index contributed by atoms with van der Waals surface area (Å²) in [5, 5.41) is 3.50. The number of nitrogens with one attached hydrogen (secondary N) is 1. The first-order valence-corrected chi connectivity index (χ1v) is 6.20. The Hall–Kier alpha value is -0.920. The van der Waals surface area contributed by atoms with Crippen molar-refractivity contribution in [1.29, 1.82) is 0 Å². The Morgan fingerprint density at radius 2 is 1.94 bits per heavy atom. The predicted octanol–water partition coefficient (Wildman–Crippen LogP) is 3.46. The summed E-state index contributed by atoms with van der Waals surface area (Å²) in [7, 11) is 1.75. The first-order valence-electron chi connectivity index (χ1n) is 6.20. The first-order chi connectivity index (χ1) is 7.45. The molecule has 0 saturated heterocycles. The molecular weight excluding hydrogens is 198 g/mol. The van der Waals surface area contributed by atoms with E-state index in [9.17, 15) is 0 Å². The average molecular weight is 223 g/mol. The summed E-state index contributed by atoms with van der Waals surface area (Å²) >= 11 is 0. The summed E-state index contributed by atoms with van der Waals surface area (Å²) in [6, 6.07) is 0.455. The maximum Gasteiger partial charge on any atom is 0.137 e. The summed E-state index contributed by atoms with van der Waals surface area (Å²) in [6.45, 7) is 11.1.